The van der Waals surface area contributed by atoms with Gasteiger partial charge in [-0.3, -0.25) is 9.59 Å². The Morgan fingerprint density at radius 3 is 2.64 bits per heavy atom. The lowest BCUT2D eigenvalue weighted by Crippen LogP contribution is -2.29. The van der Waals surface area contributed by atoms with Crippen molar-refractivity contribution in [1.29, 1.82) is 0 Å². The maximum atomic E-state index is 13.6. The van der Waals surface area contributed by atoms with Gasteiger partial charge in [0.25, 0.3) is 5.91 Å². The number of imidazole rings is 1. The van der Waals surface area contributed by atoms with E-state index in [0.717, 1.165) is 49.3 Å². The molecule has 0 aliphatic carbocycles. The van der Waals surface area contributed by atoms with Gasteiger partial charge in [0.05, 0.1) is 22.3 Å². The zero-order chi connectivity index (χ0) is 31.6. The number of amides is 2. The van der Waals surface area contributed by atoms with Crippen LogP contribution in [0.2, 0.25) is 0 Å². The van der Waals surface area contributed by atoms with Crippen LogP contribution in [0, 0.1) is 5.92 Å². The molecule has 5 rings (SSSR count). The maximum Gasteiger partial charge on any atom is 0.416 e. The van der Waals surface area contributed by atoms with Crippen LogP contribution >= 0.6 is 0 Å². The Morgan fingerprint density at radius 2 is 1.91 bits per heavy atom. The minimum absolute atomic E-state index is 0.000437. The van der Waals surface area contributed by atoms with Gasteiger partial charge < -0.3 is 25.4 Å². The summed E-state index contributed by atoms with van der Waals surface area (Å²) in [6.07, 6.45) is -2.73. The van der Waals surface area contributed by atoms with E-state index in [-0.39, 0.29) is 18.4 Å². The summed E-state index contributed by atoms with van der Waals surface area (Å²) in [7, 11) is 4.07. The van der Waals surface area contributed by atoms with Gasteiger partial charge in [-0.05, 0) is 87.1 Å². The van der Waals surface area contributed by atoms with Crippen molar-refractivity contribution in [2.75, 3.05) is 37.8 Å². The first-order chi connectivity index (χ1) is 21.0. The molecule has 0 radical (unpaired) electrons. The molecule has 0 fully saturated rings. The Balaban J connectivity index is 1.48. The third-order valence-electron chi connectivity index (χ3n) is 8.02. The molecule has 1 aliphatic heterocycles. The van der Waals surface area contributed by atoms with Gasteiger partial charge in [0.2, 0.25) is 5.91 Å². The largest absolute Gasteiger partial charge is 0.416 e. The van der Waals surface area contributed by atoms with E-state index in [4.69, 9.17) is 4.98 Å². The summed E-state index contributed by atoms with van der Waals surface area (Å²) in [4.78, 5) is 33.8. The molecule has 3 aromatic carbocycles. The molecule has 2 amide bonds. The highest BCUT2D eigenvalue weighted by atomic mass is 19.4. The minimum Gasteiger partial charge on any atom is -0.385 e. The summed E-state index contributed by atoms with van der Waals surface area (Å²) in [5.41, 5.74) is 3.50. The third kappa shape index (κ3) is 6.57. The minimum atomic E-state index is -4.46. The average molecular weight is 607 g/mol. The van der Waals surface area contributed by atoms with Gasteiger partial charge in [-0.15, -0.1) is 0 Å². The maximum absolute atomic E-state index is 13.6. The van der Waals surface area contributed by atoms with Gasteiger partial charge in [-0.1, -0.05) is 32.4 Å². The number of hydrogen-bond acceptors (Lipinski definition) is 5. The van der Waals surface area contributed by atoms with Gasteiger partial charge >= 0.3 is 6.18 Å². The second kappa shape index (κ2) is 12.7. The van der Waals surface area contributed by atoms with Crippen molar-refractivity contribution in [3.8, 4) is 11.4 Å². The highest BCUT2D eigenvalue weighted by Gasteiger charge is 2.34. The summed E-state index contributed by atoms with van der Waals surface area (Å²) in [6, 6.07) is 15.3. The fourth-order valence-corrected chi connectivity index (χ4v) is 5.49. The molecule has 44 heavy (non-hydrogen) atoms. The number of carbonyl (C=O) groups is 2. The van der Waals surface area contributed by atoms with Gasteiger partial charge in [0.15, 0.2) is 0 Å². The van der Waals surface area contributed by atoms with Gasteiger partial charge in [-0.2, -0.15) is 13.2 Å². The third-order valence-corrected chi connectivity index (χ3v) is 8.02. The summed E-state index contributed by atoms with van der Waals surface area (Å²) in [6.45, 7) is 5.75. The van der Waals surface area contributed by atoms with Crippen molar-refractivity contribution in [3.05, 3.63) is 77.4 Å². The number of rotatable bonds is 10. The number of halogens is 3. The Morgan fingerprint density at radius 1 is 1.11 bits per heavy atom. The van der Waals surface area contributed by atoms with Crippen molar-refractivity contribution in [3.63, 3.8) is 0 Å². The van der Waals surface area contributed by atoms with Gasteiger partial charge in [-0.25, -0.2) is 4.98 Å². The highest BCUT2D eigenvalue weighted by Crippen LogP contribution is 2.40. The summed E-state index contributed by atoms with van der Waals surface area (Å²) in [5, 5.41) is 9.28. The van der Waals surface area contributed by atoms with Gasteiger partial charge in [0, 0.05) is 29.9 Å². The Kier molecular flexibility index (Phi) is 8.96. The van der Waals surface area contributed by atoms with Crippen LogP contribution in [0.25, 0.3) is 22.4 Å². The molecule has 0 saturated carbocycles. The monoisotopic (exact) mass is 606 g/mol. The number of fused-ring (bicyclic) bond motifs is 5. The molecule has 232 valence electrons. The molecule has 1 aromatic heterocycles. The summed E-state index contributed by atoms with van der Waals surface area (Å²) in [5.74, 6) is 0.0539. The first-order valence-corrected chi connectivity index (χ1v) is 14.8. The number of nitrogens with one attached hydrogen (secondary N) is 3. The number of anilines is 2. The second-order valence-corrected chi connectivity index (χ2v) is 11.6. The van der Waals surface area contributed by atoms with Gasteiger partial charge in [0.1, 0.15) is 11.9 Å². The number of benzene rings is 3. The van der Waals surface area contributed by atoms with E-state index in [0.29, 0.717) is 33.7 Å². The number of nitrogens with zero attached hydrogens (tertiary/aromatic N) is 3. The SMILES string of the molecule is CC[C@H](C)C1C(=O)Nc2ccc(NCCCN(C)C)cc2-c2nc3cc(C(=O)NCc4cccc(C(F)(F)F)c4)ccc3n21. The molecule has 8 nitrogen and oxygen atoms in total. The van der Waals surface area contributed by atoms with Crippen LogP contribution in [-0.2, 0) is 17.5 Å². The Labute approximate surface area is 254 Å². The van der Waals surface area contributed by atoms with Crippen LogP contribution in [0.5, 0.6) is 0 Å². The zero-order valence-electron chi connectivity index (χ0n) is 25.3. The highest BCUT2D eigenvalue weighted by molar-refractivity contribution is 6.03. The van der Waals surface area contributed by atoms with Crippen molar-refractivity contribution in [2.24, 2.45) is 5.92 Å². The molecule has 1 aliphatic rings. The van der Waals surface area contributed by atoms with Crippen LogP contribution in [0.3, 0.4) is 0 Å². The predicted molar refractivity (Wildman–Crippen MR) is 167 cm³/mol. The summed E-state index contributed by atoms with van der Waals surface area (Å²) < 4.78 is 41.3. The molecular formula is C33H37F3N6O2. The topological polar surface area (TPSA) is 91.3 Å². The van der Waals surface area contributed by atoms with Crippen molar-refractivity contribution >= 4 is 34.2 Å². The Hall–Kier alpha value is -4.38. The standard InChI is InChI=1S/C33H37F3N6O2/c1-5-20(2)29-32(44)40-26-12-11-24(37-14-7-15-41(3)4)18-25(26)30-39-27-17-22(10-13-28(27)42(29)30)31(43)38-19-21-8-6-9-23(16-21)33(34,35)36/h6,8-13,16-18,20,29,37H,5,7,14-15,19H2,1-4H3,(H,38,43)(H,40,44)/t20-,29?/m0/s1. The number of hydrogen-bond donors (Lipinski definition) is 3. The summed E-state index contributed by atoms with van der Waals surface area (Å²) >= 11 is 0. The van der Waals surface area contributed by atoms with Crippen molar-refractivity contribution in [1.82, 2.24) is 19.8 Å². The average Bonchev–Trinajstić information content (AvgIpc) is 3.30. The lowest BCUT2D eigenvalue weighted by molar-refractivity contribution is -0.137. The predicted octanol–water partition coefficient (Wildman–Crippen LogP) is 6.56. The molecule has 2 atom stereocenters. The second-order valence-electron chi connectivity index (χ2n) is 11.6. The Bertz CT molecular complexity index is 1680. The van der Waals surface area contributed by atoms with E-state index in [2.05, 4.69) is 20.9 Å². The number of carbonyl (C=O) groups excluding carboxylic acids is 2. The first-order valence-electron chi connectivity index (χ1n) is 14.8. The van der Waals surface area contributed by atoms with Crippen LogP contribution < -0.4 is 16.0 Å². The van der Waals surface area contributed by atoms with E-state index in [1.807, 2.05) is 50.7 Å². The van der Waals surface area contributed by atoms with Crippen LogP contribution in [0.15, 0.2) is 60.7 Å². The van der Waals surface area contributed by atoms with Crippen LogP contribution in [0.4, 0.5) is 24.5 Å². The molecule has 3 N–H and O–H groups in total. The fourth-order valence-electron chi connectivity index (χ4n) is 5.49. The molecule has 0 bridgehead atoms. The normalized spacial score (nSPS) is 15.4. The molecule has 4 aromatic rings. The lowest BCUT2D eigenvalue weighted by atomic mass is 9.97. The van der Waals surface area contributed by atoms with E-state index in [9.17, 15) is 22.8 Å². The van der Waals surface area contributed by atoms with E-state index in [1.165, 1.54) is 12.1 Å². The van der Waals surface area contributed by atoms with Crippen LogP contribution in [-0.4, -0.2) is 53.5 Å². The molecule has 0 spiro atoms. The molecule has 2 heterocycles. The number of aromatic nitrogens is 2. The van der Waals surface area contributed by atoms with Crippen LogP contribution in [0.1, 0.15) is 54.2 Å². The number of alkyl halides is 3. The molecule has 0 saturated heterocycles. The van der Waals surface area contributed by atoms with Crippen molar-refractivity contribution in [2.45, 2.75) is 45.5 Å². The quantitative estimate of drug-likeness (QED) is 0.178. The fraction of sp³-hybridized carbons (Fsp3) is 0.364. The molecule has 11 heteroatoms. The molecule has 1 unspecified atom stereocenters. The van der Waals surface area contributed by atoms with E-state index in [1.54, 1.807) is 18.2 Å². The van der Waals surface area contributed by atoms with Crippen molar-refractivity contribution < 1.29 is 22.8 Å². The van der Waals surface area contributed by atoms with E-state index >= 15 is 0 Å². The van der Waals surface area contributed by atoms with E-state index < -0.39 is 23.7 Å². The smallest absolute Gasteiger partial charge is 0.385 e. The first kappa shape index (κ1) is 31.1. The lowest BCUT2D eigenvalue weighted by Gasteiger charge is -2.23. The zero-order valence-corrected chi connectivity index (χ0v) is 25.3. The molecular weight excluding hydrogens is 569 g/mol.